The summed E-state index contributed by atoms with van der Waals surface area (Å²) in [4.78, 5) is 29.6. The van der Waals surface area contributed by atoms with Crippen molar-refractivity contribution in [3.8, 4) is 17.3 Å². The number of nitriles is 1. The standard InChI is InChI=1S/C28H31FN6O2/c1-19(34-26(36)10-5-14-30)18-33-28(37)24-11-12-25(23-9-3-2-7-21(23)17-31)35-27(24)32-15-13-20-6-4-8-22(29)16-20/h2-4,6-9,11-12,16,19H,5,10,13-15,18,30H2,1H3,(H,32,35)(H,33,37)(H,34,36)/t19-/m0/s1. The normalized spacial score (nSPS) is 11.3. The largest absolute Gasteiger partial charge is 0.369 e. The summed E-state index contributed by atoms with van der Waals surface area (Å²) in [5.41, 5.74) is 8.23. The molecule has 2 aromatic carbocycles. The first-order chi connectivity index (χ1) is 17.9. The monoisotopic (exact) mass is 502 g/mol. The molecular formula is C28H31FN6O2. The summed E-state index contributed by atoms with van der Waals surface area (Å²) in [6.07, 6.45) is 1.46. The van der Waals surface area contributed by atoms with Crippen LogP contribution in [0.15, 0.2) is 60.7 Å². The quantitative estimate of drug-likeness (QED) is 0.300. The maximum absolute atomic E-state index is 13.5. The Bertz CT molecular complexity index is 1270. The van der Waals surface area contributed by atoms with Gasteiger partial charge in [0.05, 0.1) is 22.9 Å². The Balaban J connectivity index is 1.76. The fraction of sp³-hybridized carbons (Fsp3) is 0.286. The number of halogens is 1. The number of nitrogens with one attached hydrogen (secondary N) is 3. The van der Waals surface area contributed by atoms with E-state index < -0.39 is 0 Å². The van der Waals surface area contributed by atoms with Crippen molar-refractivity contribution in [1.29, 1.82) is 5.26 Å². The summed E-state index contributed by atoms with van der Waals surface area (Å²) in [7, 11) is 0. The van der Waals surface area contributed by atoms with E-state index >= 15 is 0 Å². The van der Waals surface area contributed by atoms with Crippen molar-refractivity contribution in [2.45, 2.75) is 32.2 Å². The molecule has 0 aliphatic rings. The number of carbonyl (C=O) groups is 2. The second-order valence-electron chi connectivity index (χ2n) is 8.63. The molecule has 0 radical (unpaired) electrons. The van der Waals surface area contributed by atoms with Crippen LogP contribution in [-0.2, 0) is 11.2 Å². The van der Waals surface area contributed by atoms with Crippen LogP contribution in [0.4, 0.5) is 10.2 Å². The summed E-state index contributed by atoms with van der Waals surface area (Å²) in [5, 5.41) is 18.4. The molecule has 3 rings (SSSR count). The molecule has 0 spiro atoms. The SMILES string of the molecule is C[C@@H](CNC(=O)c1ccc(-c2ccccc2C#N)nc1NCCc1cccc(F)c1)NC(=O)CCCN. The van der Waals surface area contributed by atoms with Gasteiger partial charge in [-0.2, -0.15) is 5.26 Å². The highest BCUT2D eigenvalue weighted by Gasteiger charge is 2.17. The maximum atomic E-state index is 13.5. The minimum atomic E-state index is -0.357. The van der Waals surface area contributed by atoms with Crippen LogP contribution in [-0.4, -0.2) is 42.5 Å². The second kappa shape index (κ2) is 13.7. The lowest BCUT2D eigenvalue weighted by molar-refractivity contribution is -0.121. The van der Waals surface area contributed by atoms with Crippen LogP contribution in [0.25, 0.3) is 11.3 Å². The Morgan fingerprint density at radius 2 is 1.95 bits per heavy atom. The number of hydrogen-bond donors (Lipinski definition) is 4. The molecule has 0 unspecified atom stereocenters. The summed E-state index contributed by atoms with van der Waals surface area (Å²) in [5.74, 6) is -0.438. The first-order valence-electron chi connectivity index (χ1n) is 12.2. The fourth-order valence-electron chi connectivity index (χ4n) is 3.75. The third-order valence-corrected chi connectivity index (χ3v) is 5.64. The molecule has 2 amide bonds. The third-order valence-electron chi connectivity index (χ3n) is 5.64. The number of pyridine rings is 1. The number of rotatable bonds is 12. The van der Waals surface area contributed by atoms with Crippen molar-refractivity contribution in [1.82, 2.24) is 15.6 Å². The number of carbonyl (C=O) groups excluding carboxylic acids is 2. The minimum absolute atomic E-state index is 0.117. The van der Waals surface area contributed by atoms with Gasteiger partial charge < -0.3 is 21.7 Å². The van der Waals surface area contributed by atoms with Gasteiger partial charge in [0.1, 0.15) is 11.6 Å². The van der Waals surface area contributed by atoms with Crippen molar-refractivity contribution in [3.63, 3.8) is 0 Å². The van der Waals surface area contributed by atoms with Gasteiger partial charge in [-0.3, -0.25) is 9.59 Å². The van der Waals surface area contributed by atoms with E-state index in [1.807, 2.05) is 12.1 Å². The molecule has 8 nitrogen and oxygen atoms in total. The van der Waals surface area contributed by atoms with Gasteiger partial charge in [-0.05, 0) is 62.2 Å². The Morgan fingerprint density at radius 3 is 2.70 bits per heavy atom. The molecular weight excluding hydrogens is 471 g/mol. The smallest absolute Gasteiger partial charge is 0.255 e. The molecule has 3 aromatic rings. The minimum Gasteiger partial charge on any atom is -0.369 e. The number of benzene rings is 2. The number of aromatic nitrogens is 1. The fourth-order valence-corrected chi connectivity index (χ4v) is 3.75. The number of hydrogen-bond acceptors (Lipinski definition) is 6. The molecule has 0 saturated carbocycles. The summed E-state index contributed by atoms with van der Waals surface area (Å²) in [6, 6.07) is 18.7. The maximum Gasteiger partial charge on any atom is 0.255 e. The zero-order valence-electron chi connectivity index (χ0n) is 20.8. The number of nitrogens with zero attached hydrogens (tertiary/aromatic N) is 2. The highest BCUT2D eigenvalue weighted by molar-refractivity contribution is 5.99. The van der Waals surface area contributed by atoms with E-state index in [2.05, 4.69) is 27.0 Å². The second-order valence-corrected chi connectivity index (χ2v) is 8.63. The molecule has 5 N–H and O–H groups in total. The Kier molecular flexibility index (Phi) is 10.1. The summed E-state index contributed by atoms with van der Waals surface area (Å²) < 4.78 is 13.5. The zero-order valence-corrected chi connectivity index (χ0v) is 20.8. The predicted octanol–water partition coefficient (Wildman–Crippen LogP) is 3.39. The van der Waals surface area contributed by atoms with Crippen LogP contribution < -0.4 is 21.7 Å². The van der Waals surface area contributed by atoms with Gasteiger partial charge >= 0.3 is 0 Å². The molecule has 0 saturated heterocycles. The van der Waals surface area contributed by atoms with Gasteiger partial charge in [0.15, 0.2) is 0 Å². The van der Waals surface area contributed by atoms with Crippen LogP contribution in [0.1, 0.15) is 41.3 Å². The van der Waals surface area contributed by atoms with Gasteiger partial charge in [0, 0.05) is 31.1 Å². The molecule has 1 heterocycles. The van der Waals surface area contributed by atoms with Crippen LogP contribution in [0.2, 0.25) is 0 Å². The van der Waals surface area contributed by atoms with Crippen molar-refractivity contribution >= 4 is 17.6 Å². The zero-order chi connectivity index (χ0) is 26.6. The number of nitrogens with two attached hydrogens (primary N) is 1. The van der Waals surface area contributed by atoms with Crippen molar-refractivity contribution < 1.29 is 14.0 Å². The Morgan fingerprint density at radius 1 is 1.14 bits per heavy atom. The van der Waals surface area contributed by atoms with E-state index in [0.717, 1.165) is 5.56 Å². The molecule has 0 aliphatic carbocycles. The molecule has 1 aromatic heterocycles. The van der Waals surface area contributed by atoms with Gasteiger partial charge in [0.2, 0.25) is 5.91 Å². The van der Waals surface area contributed by atoms with E-state index in [-0.39, 0.29) is 30.2 Å². The number of amides is 2. The van der Waals surface area contributed by atoms with Gasteiger partial charge in [0.25, 0.3) is 5.91 Å². The van der Waals surface area contributed by atoms with Gasteiger partial charge in [-0.25, -0.2) is 9.37 Å². The average Bonchev–Trinajstić information content (AvgIpc) is 2.90. The summed E-state index contributed by atoms with van der Waals surface area (Å²) >= 11 is 0. The van der Waals surface area contributed by atoms with Gasteiger partial charge in [-0.1, -0.05) is 30.3 Å². The predicted molar refractivity (Wildman–Crippen MR) is 141 cm³/mol. The van der Waals surface area contributed by atoms with Crippen LogP contribution in [0.3, 0.4) is 0 Å². The molecule has 192 valence electrons. The Labute approximate surface area is 216 Å². The van der Waals surface area contributed by atoms with E-state index in [0.29, 0.717) is 60.6 Å². The molecule has 37 heavy (non-hydrogen) atoms. The Hall–Kier alpha value is -4.29. The highest BCUT2D eigenvalue weighted by Crippen LogP contribution is 2.25. The highest BCUT2D eigenvalue weighted by atomic mass is 19.1. The molecule has 0 fully saturated rings. The van der Waals surface area contributed by atoms with Crippen LogP contribution in [0.5, 0.6) is 0 Å². The third kappa shape index (κ3) is 8.12. The van der Waals surface area contributed by atoms with E-state index in [1.165, 1.54) is 12.1 Å². The lowest BCUT2D eigenvalue weighted by Crippen LogP contribution is -2.42. The lowest BCUT2D eigenvalue weighted by atomic mass is 10.0. The summed E-state index contributed by atoms with van der Waals surface area (Å²) in [6.45, 7) is 2.89. The average molecular weight is 503 g/mol. The van der Waals surface area contributed by atoms with E-state index in [4.69, 9.17) is 5.73 Å². The van der Waals surface area contributed by atoms with E-state index in [9.17, 15) is 19.2 Å². The molecule has 9 heteroatoms. The molecule has 0 aliphatic heterocycles. The van der Waals surface area contributed by atoms with Crippen molar-refractivity contribution in [2.24, 2.45) is 5.73 Å². The first kappa shape index (κ1) is 27.3. The van der Waals surface area contributed by atoms with E-state index in [1.54, 1.807) is 43.3 Å². The van der Waals surface area contributed by atoms with Crippen molar-refractivity contribution in [3.05, 3.63) is 83.2 Å². The molecule has 1 atom stereocenters. The van der Waals surface area contributed by atoms with Crippen molar-refractivity contribution in [2.75, 3.05) is 25.0 Å². The van der Waals surface area contributed by atoms with Gasteiger partial charge in [-0.15, -0.1) is 0 Å². The first-order valence-corrected chi connectivity index (χ1v) is 12.2. The topological polar surface area (TPSA) is 133 Å². The molecule has 0 bridgehead atoms. The van der Waals surface area contributed by atoms with Crippen LogP contribution in [0, 0.1) is 17.1 Å². The lowest BCUT2D eigenvalue weighted by Gasteiger charge is -2.17. The van der Waals surface area contributed by atoms with Crippen LogP contribution >= 0.6 is 0 Å². The number of anilines is 1.